The number of anilines is 1. The molecule has 0 radical (unpaired) electrons. The van der Waals surface area contributed by atoms with Crippen LogP contribution in [0, 0.1) is 11.7 Å². The van der Waals surface area contributed by atoms with Crippen LogP contribution in [-0.2, 0) is 31.9 Å². The predicted octanol–water partition coefficient (Wildman–Crippen LogP) is 1.28. The van der Waals surface area contributed by atoms with E-state index >= 15 is 0 Å². The molecule has 9 heteroatoms. The summed E-state index contributed by atoms with van der Waals surface area (Å²) in [6.07, 6.45) is 0.0213. The standard InChI is InChI=1S/C19H20FN3O4S/c20-16-3-1-2-4-17(16)23-11-15(9-18(23)24)19(25)22-10-13-5-7-14(8-6-13)12-28(21,26)27/h1-8,15H,9-12H2,(H,22,25)(H2,21,26,27)/t15-/m1/s1. The van der Waals surface area contributed by atoms with Crippen molar-refractivity contribution in [1.82, 2.24) is 5.32 Å². The van der Waals surface area contributed by atoms with E-state index < -0.39 is 21.8 Å². The topological polar surface area (TPSA) is 110 Å². The second-order valence-electron chi connectivity index (χ2n) is 6.70. The van der Waals surface area contributed by atoms with Crippen molar-refractivity contribution >= 4 is 27.5 Å². The normalized spacial score (nSPS) is 17.0. The second-order valence-corrected chi connectivity index (χ2v) is 8.31. The third kappa shape index (κ3) is 4.93. The Morgan fingerprint density at radius 2 is 1.79 bits per heavy atom. The first-order valence-corrected chi connectivity index (χ1v) is 10.4. The number of hydrogen-bond acceptors (Lipinski definition) is 4. The van der Waals surface area contributed by atoms with Crippen LogP contribution in [0.15, 0.2) is 48.5 Å². The number of primary sulfonamides is 1. The van der Waals surface area contributed by atoms with Crippen LogP contribution in [0.3, 0.4) is 0 Å². The van der Waals surface area contributed by atoms with Gasteiger partial charge in [0.25, 0.3) is 0 Å². The molecular weight excluding hydrogens is 385 g/mol. The Labute approximate surface area is 162 Å². The number of amides is 2. The van der Waals surface area contributed by atoms with Crippen molar-refractivity contribution in [2.45, 2.75) is 18.7 Å². The van der Waals surface area contributed by atoms with E-state index in [2.05, 4.69) is 5.32 Å². The van der Waals surface area contributed by atoms with Gasteiger partial charge in [-0.05, 0) is 23.3 Å². The summed E-state index contributed by atoms with van der Waals surface area (Å²) >= 11 is 0. The van der Waals surface area contributed by atoms with Crippen LogP contribution in [-0.4, -0.2) is 26.8 Å². The molecule has 0 unspecified atom stereocenters. The van der Waals surface area contributed by atoms with E-state index in [9.17, 15) is 22.4 Å². The SMILES string of the molecule is NS(=O)(=O)Cc1ccc(CNC(=O)[C@@H]2CC(=O)N(c3ccccc3F)C2)cc1. The smallest absolute Gasteiger partial charge is 0.227 e. The third-order valence-corrected chi connectivity index (χ3v) is 5.23. The number of nitrogens with two attached hydrogens (primary N) is 1. The number of rotatable bonds is 6. The molecule has 0 aromatic heterocycles. The van der Waals surface area contributed by atoms with Gasteiger partial charge in [0.05, 0.1) is 17.4 Å². The van der Waals surface area contributed by atoms with Gasteiger partial charge in [-0.15, -0.1) is 0 Å². The molecule has 0 aliphatic carbocycles. The average Bonchev–Trinajstić information content (AvgIpc) is 3.02. The maximum atomic E-state index is 13.9. The van der Waals surface area contributed by atoms with Crippen molar-refractivity contribution < 1.29 is 22.4 Å². The van der Waals surface area contributed by atoms with E-state index in [1.807, 2.05) is 0 Å². The molecule has 0 spiro atoms. The number of nitrogens with one attached hydrogen (secondary N) is 1. The quantitative estimate of drug-likeness (QED) is 0.754. The Balaban J connectivity index is 1.57. The molecule has 2 amide bonds. The maximum absolute atomic E-state index is 13.9. The Kier molecular flexibility index (Phi) is 5.76. The third-order valence-electron chi connectivity index (χ3n) is 4.50. The summed E-state index contributed by atoms with van der Waals surface area (Å²) in [4.78, 5) is 25.9. The highest BCUT2D eigenvalue weighted by Gasteiger charge is 2.35. The van der Waals surface area contributed by atoms with E-state index in [0.29, 0.717) is 5.56 Å². The van der Waals surface area contributed by atoms with E-state index in [0.717, 1.165) is 5.56 Å². The van der Waals surface area contributed by atoms with Gasteiger partial charge in [0.2, 0.25) is 21.8 Å². The van der Waals surface area contributed by atoms with Crippen molar-refractivity contribution in [3.63, 3.8) is 0 Å². The van der Waals surface area contributed by atoms with Crippen LogP contribution in [0.2, 0.25) is 0 Å². The van der Waals surface area contributed by atoms with Crippen LogP contribution < -0.4 is 15.4 Å². The molecule has 1 heterocycles. The summed E-state index contributed by atoms with van der Waals surface area (Å²) in [7, 11) is -3.60. The summed E-state index contributed by atoms with van der Waals surface area (Å²) in [5.41, 5.74) is 1.51. The molecule has 1 atom stereocenters. The number of carbonyl (C=O) groups excluding carboxylic acids is 2. The van der Waals surface area contributed by atoms with Crippen molar-refractivity contribution in [2.24, 2.45) is 11.1 Å². The fourth-order valence-electron chi connectivity index (χ4n) is 3.11. The van der Waals surface area contributed by atoms with Crippen LogP contribution >= 0.6 is 0 Å². The minimum Gasteiger partial charge on any atom is -0.352 e. The van der Waals surface area contributed by atoms with Gasteiger partial charge in [-0.1, -0.05) is 36.4 Å². The van der Waals surface area contributed by atoms with Gasteiger partial charge in [-0.3, -0.25) is 9.59 Å². The molecule has 3 N–H and O–H groups in total. The number of sulfonamides is 1. The minimum absolute atomic E-state index is 0.0213. The largest absolute Gasteiger partial charge is 0.352 e. The highest BCUT2D eigenvalue weighted by molar-refractivity contribution is 7.88. The predicted molar refractivity (Wildman–Crippen MR) is 102 cm³/mol. The molecule has 0 bridgehead atoms. The Morgan fingerprint density at radius 3 is 2.43 bits per heavy atom. The summed E-state index contributed by atoms with van der Waals surface area (Å²) in [6.45, 7) is 0.359. The van der Waals surface area contributed by atoms with Gasteiger partial charge in [-0.2, -0.15) is 0 Å². The highest BCUT2D eigenvalue weighted by Crippen LogP contribution is 2.27. The van der Waals surface area contributed by atoms with Gasteiger partial charge < -0.3 is 10.2 Å². The van der Waals surface area contributed by atoms with Gasteiger partial charge >= 0.3 is 0 Å². The highest BCUT2D eigenvalue weighted by atomic mass is 32.2. The molecule has 1 saturated heterocycles. The Morgan fingerprint density at radius 1 is 1.14 bits per heavy atom. The van der Waals surface area contributed by atoms with Gasteiger partial charge in [-0.25, -0.2) is 17.9 Å². The van der Waals surface area contributed by atoms with Crippen molar-refractivity contribution in [1.29, 1.82) is 0 Å². The number of carbonyl (C=O) groups is 2. The average molecular weight is 405 g/mol. The van der Waals surface area contributed by atoms with E-state index in [1.165, 1.54) is 23.1 Å². The molecule has 2 aromatic rings. The van der Waals surface area contributed by atoms with E-state index in [-0.39, 0.29) is 42.8 Å². The van der Waals surface area contributed by atoms with Gasteiger partial charge in [0.15, 0.2) is 0 Å². The van der Waals surface area contributed by atoms with Crippen LogP contribution in [0.1, 0.15) is 17.5 Å². The Hall–Kier alpha value is -2.78. The zero-order chi connectivity index (χ0) is 20.3. The fourth-order valence-corrected chi connectivity index (χ4v) is 3.76. The van der Waals surface area contributed by atoms with Crippen LogP contribution in [0.4, 0.5) is 10.1 Å². The molecule has 148 valence electrons. The van der Waals surface area contributed by atoms with E-state index in [4.69, 9.17) is 5.14 Å². The molecular formula is C19H20FN3O4S. The summed E-state index contributed by atoms with van der Waals surface area (Å²) in [5, 5.41) is 7.77. The lowest BCUT2D eigenvalue weighted by atomic mass is 10.1. The van der Waals surface area contributed by atoms with Gasteiger partial charge in [0.1, 0.15) is 5.82 Å². The summed E-state index contributed by atoms with van der Waals surface area (Å²) in [6, 6.07) is 12.6. The first kappa shape index (κ1) is 20.0. The first-order chi connectivity index (χ1) is 13.2. The van der Waals surface area contributed by atoms with Crippen molar-refractivity contribution in [2.75, 3.05) is 11.4 Å². The lowest BCUT2D eigenvalue weighted by Crippen LogP contribution is -2.32. The van der Waals surface area contributed by atoms with Crippen LogP contribution in [0.25, 0.3) is 0 Å². The lowest BCUT2D eigenvalue weighted by molar-refractivity contribution is -0.126. The van der Waals surface area contributed by atoms with Crippen LogP contribution in [0.5, 0.6) is 0 Å². The molecule has 28 heavy (non-hydrogen) atoms. The number of nitrogens with zero attached hydrogens (tertiary/aromatic N) is 1. The fraction of sp³-hybridized carbons (Fsp3) is 0.263. The molecule has 0 saturated carbocycles. The zero-order valence-electron chi connectivity index (χ0n) is 15.0. The van der Waals surface area contributed by atoms with Crippen molar-refractivity contribution in [3.8, 4) is 0 Å². The summed E-state index contributed by atoms with van der Waals surface area (Å²) in [5.74, 6) is -1.90. The maximum Gasteiger partial charge on any atom is 0.227 e. The number of hydrogen-bond donors (Lipinski definition) is 2. The Bertz CT molecular complexity index is 992. The zero-order valence-corrected chi connectivity index (χ0v) is 15.8. The monoisotopic (exact) mass is 405 g/mol. The molecule has 1 aliphatic rings. The second kappa shape index (κ2) is 8.07. The molecule has 2 aromatic carbocycles. The molecule has 1 aliphatic heterocycles. The summed E-state index contributed by atoms with van der Waals surface area (Å²) < 4.78 is 36.1. The first-order valence-electron chi connectivity index (χ1n) is 8.64. The van der Waals surface area contributed by atoms with E-state index in [1.54, 1.807) is 30.3 Å². The molecule has 3 rings (SSSR count). The number of benzene rings is 2. The number of halogens is 1. The van der Waals surface area contributed by atoms with Gasteiger partial charge in [0, 0.05) is 19.5 Å². The van der Waals surface area contributed by atoms with Crippen molar-refractivity contribution in [3.05, 3.63) is 65.5 Å². The lowest BCUT2D eigenvalue weighted by Gasteiger charge is -2.17. The molecule has 1 fully saturated rings. The minimum atomic E-state index is -3.60. The molecule has 7 nitrogen and oxygen atoms in total. The number of para-hydroxylation sites is 1.